The van der Waals surface area contributed by atoms with Crippen LogP contribution in [0, 0.1) is 5.92 Å². The van der Waals surface area contributed by atoms with Crippen LogP contribution in [0.25, 0.3) is 0 Å². The van der Waals surface area contributed by atoms with Crippen LogP contribution in [0.2, 0.25) is 0 Å². The Kier molecular flexibility index (Phi) is 8.58. The van der Waals surface area contributed by atoms with Crippen LogP contribution in [-0.4, -0.2) is 44.6 Å². The first-order valence-electron chi connectivity index (χ1n) is 7.40. The summed E-state index contributed by atoms with van der Waals surface area (Å²) in [6.45, 7) is 5.66. The summed E-state index contributed by atoms with van der Waals surface area (Å²) < 4.78 is 0. The molecule has 4 nitrogen and oxygen atoms in total. The summed E-state index contributed by atoms with van der Waals surface area (Å²) in [5.74, 6) is 1.73. The molecule has 120 valence electrons. The van der Waals surface area contributed by atoms with Gasteiger partial charge in [-0.05, 0) is 43.3 Å². The van der Waals surface area contributed by atoms with Crippen molar-refractivity contribution in [2.45, 2.75) is 25.8 Å². The molecule has 0 aromatic carbocycles. The molecule has 2 N–H and O–H groups in total. The predicted molar refractivity (Wildman–Crippen MR) is 103 cm³/mol. The van der Waals surface area contributed by atoms with Gasteiger partial charge in [-0.3, -0.25) is 9.89 Å². The van der Waals surface area contributed by atoms with E-state index in [1.54, 1.807) is 0 Å². The third-order valence-electron chi connectivity index (χ3n) is 4.05. The number of nitrogens with one attached hydrogen (secondary N) is 2. The highest BCUT2D eigenvalue weighted by Gasteiger charge is 2.25. The number of thiophene rings is 1. The molecule has 1 saturated heterocycles. The summed E-state index contributed by atoms with van der Waals surface area (Å²) in [4.78, 5) is 8.25. The van der Waals surface area contributed by atoms with Gasteiger partial charge in [0.25, 0.3) is 0 Å². The Bertz CT molecular complexity index is 413. The first-order chi connectivity index (χ1) is 9.74. The van der Waals surface area contributed by atoms with Crippen molar-refractivity contribution in [1.29, 1.82) is 0 Å². The van der Waals surface area contributed by atoms with Gasteiger partial charge in [0, 0.05) is 25.5 Å². The van der Waals surface area contributed by atoms with Gasteiger partial charge in [-0.15, -0.1) is 35.3 Å². The largest absolute Gasteiger partial charge is 0.359 e. The van der Waals surface area contributed by atoms with E-state index in [2.05, 4.69) is 45.0 Å². The van der Waals surface area contributed by atoms with Gasteiger partial charge in [0.2, 0.25) is 0 Å². The minimum absolute atomic E-state index is 0. The lowest BCUT2D eigenvalue weighted by Crippen LogP contribution is -2.44. The second-order valence-corrected chi connectivity index (χ2v) is 6.43. The Labute approximate surface area is 149 Å². The van der Waals surface area contributed by atoms with Gasteiger partial charge in [0.05, 0.1) is 6.04 Å². The summed E-state index contributed by atoms with van der Waals surface area (Å²) >= 11 is 1.85. The number of aliphatic imine (C=N–C) groups is 1. The molecule has 0 radical (unpaired) electrons. The minimum atomic E-state index is 0. The summed E-state index contributed by atoms with van der Waals surface area (Å²) in [6, 6.07) is 4.84. The second kappa shape index (κ2) is 9.63. The summed E-state index contributed by atoms with van der Waals surface area (Å²) in [5.41, 5.74) is 0. The van der Waals surface area contributed by atoms with Gasteiger partial charge in [-0.1, -0.05) is 13.0 Å². The van der Waals surface area contributed by atoms with E-state index in [4.69, 9.17) is 0 Å². The van der Waals surface area contributed by atoms with Crippen molar-refractivity contribution < 1.29 is 0 Å². The minimum Gasteiger partial charge on any atom is -0.359 e. The summed E-state index contributed by atoms with van der Waals surface area (Å²) in [7, 11) is 3.71. The fourth-order valence-corrected chi connectivity index (χ4v) is 3.56. The van der Waals surface area contributed by atoms with Crippen molar-refractivity contribution in [3.05, 3.63) is 22.4 Å². The second-order valence-electron chi connectivity index (χ2n) is 5.45. The Morgan fingerprint density at radius 2 is 2.19 bits per heavy atom. The molecule has 1 atom stereocenters. The van der Waals surface area contributed by atoms with E-state index in [1.807, 2.05) is 25.4 Å². The van der Waals surface area contributed by atoms with Crippen LogP contribution in [0.1, 0.15) is 30.7 Å². The first-order valence-corrected chi connectivity index (χ1v) is 8.28. The third kappa shape index (κ3) is 5.41. The molecule has 2 rings (SSSR count). The van der Waals surface area contributed by atoms with Crippen molar-refractivity contribution in [1.82, 2.24) is 15.5 Å². The molecule has 0 spiro atoms. The zero-order valence-electron chi connectivity index (χ0n) is 13.1. The van der Waals surface area contributed by atoms with E-state index >= 15 is 0 Å². The van der Waals surface area contributed by atoms with Crippen molar-refractivity contribution in [2.75, 3.05) is 33.7 Å². The maximum Gasteiger partial charge on any atom is 0.190 e. The van der Waals surface area contributed by atoms with E-state index in [-0.39, 0.29) is 24.0 Å². The molecule has 1 aromatic heterocycles. The van der Waals surface area contributed by atoms with Crippen LogP contribution in [0.4, 0.5) is 0 Å². The fourth-order valence-electron chi connectivity index (χ4n) is 2.70. The lowest BCUT2D eigenvalue weighted by Gasteiger charge is -2.36. The predicted octanol–water partition coefficient (Wildman–Crippen LogP) is 2.93. The van der Waals surface area contributed by atoms with Gasteiger partial charge in [-0.2, -0.15) is 0 Å². The Morgan fingerprint density at radius 3 is 2.71 bits per heavy atom. The average Bonchev–Trinajstić information content (AvgIpc) is 2.99. The summed E-state index contributed by atoms with van der Waals surface area (Å²) in [5, 5.41) is 8.67. The molecule has 21 heavy (non-hydrogen) atoms. The number of halogens is 1. The molecule has 1 aliphatic heterocycles. The monoisotopic (exact) mass is 422 g/mol. The van der Waals surface area contributed by atoms with Gasteiger partial charge in [0.15, 0.2) is 5.96 Å². The van der Waals surface area contributed by atoms with E-state index in [0.29, 0.717) is 6.04 Å². The number of likely N-dealkylation sites (tertiary alicyclic amines) is 1. The molecule has 0 aliphatic carbocycles. The first kappa shape index (κ1) is 18.7. The third-order valence-corrected chi connectivity index (χ3v) is 5.03. The Balaban J connectivity index is 0.00000220. The molecule has 1 aliphatic rings. The van der Waals surface area contributed by atoms with Gasteiger partial charge < -0.3 is 10.6 Å². The number of guanidine groups is 1. The van der Waals surface area contributed by atoms with Gasteiger partial charge >= 0.3 is 0 Å². The highest BCUT2D eigenvalue weighted by atomic mass is 127. The van der Waals surface area contributed by atoms with Crippen LogP contribution >= 0.6 is 35.3 Å². The maximum atomic E-state index is 4.20. The van der Waals surface area contributed by atoms with Crippen molar-refractivity contribution in [2.24, 2.45) is 10.9 Å². The molecule has 0 bridgehead atoms. The number of hydrogen-bond acceptors (Lipinski definition) is 3. The number of piperidine rings is 1. The smallest absolute Gasteiger partial charge is 0.190 e. The van der Waals surface area contributed by atoms with Gasteiger partial charge in [-0.25, -0.2) is 0 Å². The molecular weight excluding hydrogens is 395 g/mol. The van der Waals surface area contributed by atoms with Crippen molar-refractivity contribution >= 4 is 41.3 Å². The van der Waals surface area contributed by atoms with Crippen LogP contribution < -0.4 is 10.6 Å². The molecule has 1 fully saturated rings. The standard InChI is InChI=1S/C15H26N4S.HI/c1-12-6-8-19(9-7-12)13(14-5-4-10-20-14)11-18-15(16-2)17-3;/h4-5,10,12-13H,6-9,11H2,1-3H3,(H2,16,17,18);1H. The highest BCUT2D eigenvalue weighted by Crippen LogP contribution is 2.28. The normalized spacial score (nSPS) is 18.9. The molecule has 2 heterocycles. The molecule has 6 heteroatoms. The SMILES string of the molecule is CN=C(NC)NCC(c1cccs1)N1CCC(C)CC1.I. The van der Waals surface area contributed by atoms with Crippen LogP contribution in [0.5, 0.6) is 0 Å². The molecule has 0 saturated carbocycles. The molecule has 0 amide bonds. The zero-order valence-corrected chi connectivity index (χ0v) is 16.3. The van der Waals surface area contributed by atoms with Crippen LogP contribution in [-0.2, 0) is 0 Å². The topological polar surface area (TPSA) is 39.7 Å². The lowest BCUT2D eigenvalue weighted by atomic mass is 9.97. The van der Waals surface area contributed by atoms with Gasteiger partial charge in [0.1, 0.15) is 0 Å². The van der Waals surface area contributed by atoms with E-state index in [0.717, 1.165) is 18.4 Å². The quantitative estimate of drug-likeness (QED) is 0.445. The van der Waals surface area contributed by atoms with Crippen LogP contribution in [0.3, 0.4) is 0 Å². The number of nitrogens with zero attached hydrogens (tertiary/aromatic N) is 2. The maximum absolute atomic E-state index is 4.20. The Morgan fingerprint density at radius 1 is 1.48 bits per heavy atom. The molecular formula is C15H27IN4S. The summed E-state index contributed by atoms with van der Waals surface area (Å²) in [6.07, 6.45) is 2.62. The van der Waals surface area contributed by atoms with Crippen LogP contribution in [0.15, 0.2) is 22.5 Å². The average molecular weight is 422 g/mol. The zero-order chi connectivity index (χ0) is 14.4. The van der Waals surface area contributed by atoms with Crippen molar-refractivity contribution in [3.8, 4) is 0 Å². The molecule has 1 unspecified atom stereocenters. The number of hydrogen-bond donors (Lipinski definition) is 2. The highest BCUT2D eigenvalue weighted by molar-refractivity contribution is 14.0. The lowest BCUT2D eigenvalue weighted by molar-refractivity contribution is 0.140. The van der Waals surface area contributed by atoms with E-state index in [1.165, 1.54) is 30.8 Å². The van der Waals surface area contributed by atoms with Crippen molar-refractivity contribution in [3.63, 3.8) is 0 Å². The van der Waals surface area contributed by atoms with E-state index in [9.17, 15) is 0 Å². The number of rotatable bonds is 4. The fraction of sp³-hybridized carbons (Fsp3) is 0.667. The van der Waals surface area contributed by atoms with E-state index < -0.39 is 0 Å². The Hall–Kier alpha value is -0.340. The molecule has 1 aromatic rings.